The third-order valence-corrected chi connectivity index (χ3v) is 4.96. The van der Waals surface area contributed by atoms with Gasteiger partial charge in [-0.1, -0.05) is 24.6 Å². The normalized spacial score (nSPS) is 16.0. The van der Waals surface area contributed by atoms with Gasteiger partial charge < -0.3 is 9.88 Å². The van der Waals surface area contributed by atoms with E-state index < -0.39 is 6.04 Å². The first-order chi connectivity index (χ1) is 13.1. The fourth-order valence-electron chi connectivity index (χ4n) is 3.55. The lowest BCUT2D eigenvalue weighted by Crippen LogP contribution is -2.43. The van der Waals surface area contributed by atoms with Crippen molar-refractivity contribution in [2.45, 2.75) is 38.3 Å². The van der Waals surface area contributed by atoms with Gasteiger partial charge in [-0.2, -0.15) is 0 Å². The molecule has 0 saturated carbocycles. The Morgan fingerprint density at radius 3 is 2.52 bits per heavy atom. The Morgan fingerprint density at radius 1 is 1.07 bits per heavy atom. The smallest absolute Gasteiger partial charge is 0.250 e. The number of carbonyl (C=O) groups excluding carboxylic acids is 1. The van der Waals surface area contributed by atoms with Crippen molar-refractivity contribution in [3.05, 3.63) is 70.4 Å². The predicted octanol–water partition coefficient (Wildman–Crippen LogP) is 2.72. The van der Waals surface area contributed by atoms with Crippen LogP contribution in [0.1, 0.15) is 37.3 Å². The van der Waals surface area contributed by atoms with Crippen molar-refractivity contribution in [2.24, 2.45) is 0 Å². The molecule has 27 heavy (non-hydrogen) atoms. The summed E-state index contributed by atoms with van der Waals surface area (Å²) in [6.07, 6.45) is 5.74. The van der Waals surface area contributed by atoms with Gasteiger partial charge in [-0.25, -0.2) is 4.39 Å². The average Bonchev–Trinajstić information content (AvgIpc) is 2.69. The van der Waals surface area contributed by atoms with E-state index in [1.54, 1.807) is 29.0 Å². The maximum Gasteiger partial charge on any atom is 0.250 e. The molecule has 1 aromatic heterocycles. The van der Waals surface area contributed by atoms with Crippen molar-refractivity contribution in [1.29, 1.82) is 0 Å². The molecule has 1 aromatic carbocycles. The van der Waals surface area contributed by atoms with E-state index in [-0.39, 0.29) is 17.3 Å². The molecule has 0 radical (unpaired) electrons. The number of rotatable bonds is 7. The van der Waals surface area contributed by atoms with E-state index in [1.165, 1.54) is 24.6 Å². The molecule has 1 N–H and O–H groups in total. The van der Waals surface area contributed by atoms with Gasteiger partial charge in [0.15, 0.2) is 0 Å². The Balaban J connectivity index is 1.61. The monoisotopic (exact) mass is 371 g/mol. The highest BCUT2D eigenvalue weighted by molar-refractivity contribution is 5.83. The summed E-state index contributed by atoms with van der Waals surface area (Å²) in [5.74, 6) is -0.367. The molecule has 3 rings (SSSR count). The summed E-state index contributed by atoms with van der Waals surface area (Å²) in [4.78, 5) is 26.8. The summed E-state index contributed by atoms with van der Waals surface area (Å²) in [5.41, 5.74) is 0.774. The predicted molar refractivity (Wildman–Crippen MR) is 103 cm³/mol. The van der Waals surface area contributed by atoms with Gasteiger partial charge in [0.1, 0.15) is 11.9 Å². The van der Waals surface area contributed by atoms with Crippen molar-refractivity contribution in [1.82, 2.24) is 14.8 Å². The summed E-state index contributed by atoms with van der Waals surface area (Å²) in [6, 6.07) is 10.9. The van der Waals surface area contributed by atoms with E-state index in [0.29, 0.717) is 19.5 Å². The van der Waals surface area contributed by atoms with Crippen molar-refractivity contribution in [3.8, 4) is 0 Å². The van der Waals surface area contributed by atoms with Crippen LogP contribution in [0.3, 0.4) is 0 Å². The van der Waals surface area contributed by atoms with Gasteiger partial charge in [0.25, 0.3) is 0 Å². The van der Waals surface area contributed by atoms with Gasteiger partial charge in [0.2, 0.25) is 11.5 Å². The van der Waals surface area contributed by atoms with Crippen LogP contribution in [-0.4, -0.2) is 35.0 Å². The molecule has 1 saturated heterocycles. The number of likely N-dealkylation sites (tertiary alicyclic amines) is 1. The number of halogens is 1. The van der Waals surface area contributed by atoms with E-state index in [2.05, 4.69) is 10.2 Å². The van der Waals surface area contributed by atoms with Gasteiger partial charge >= 0.3 is 0 Å². The third kappa shape index (κ3) is 5.26. The van der Waals surface area contributed by atoms with Gasteiger partial charge in [0, 0.05) is 25.4 Å². The fraction of sp³-hybridized carbons (Fsp3) is 0.429. The number of piperidine rings is 1. The van der Waals surface area contributed by atoms with E-state index in [0.717, 1.165) is 31.5 Å². The lowest BCUT2D eigenvalue weighted by molar-refractivity contribution is -0.127. The zero-order valence-electron chi connectivity index (χ0n) is 15.4. The molecule has 0 bridgehead atoms. The third-order valence-electron chi connectivity index (χ3n) is 4.96. The van der Waals surface area contributed by atoms with Crippen molar-refractivity contribution in [2.75, 3.05) is 19.6 Å². The number of aromatic nitrogens is 1. The quantitative estimate of drug-likeness (QED) is 0.762. The summed E-state index contributed by atoms with van der Waals surface area (Å²) >= 11 is 0. The Labute approximate surface area is 158 Å². The molecule has 6 heteroatoms. The Kier molecular flexibility index (Phi) is 6.76. The zero-order chi connectivity index (χ0) is 19.1. The number of pyridine rings is 1. The number of aryl methyl sites for hydroxylation is 1. The second-order valence-electron chi connectivity index (χ2n) is 6.93. The maximum atomic E-state index is 13.3. The number of hydrogen-bond acceptors (Lipinski definition) is 3. The fourth-order valence-corrected chi connectivity index (χ4v) is 3.55. The number of amides is 1. The molecule has 144 valence electrons. The molecular weight excluding hydrogens is 345 g/mol. The topological polar surface area (TPSA) is 54.3 Å². The molecular formula is C21H26FN3O2. The highest BCUT2D eigenvalue weighted by Crippen LogP contribution is 2.25. The first-order valence-corrected chi connectivity index (χ1v) is 9.58. The molecule has 1 aliphatic rings. The highest BCUT2D eigenvalue weighted by atomic mass is 19.1. The van der Waals surface area contributed by atoms with Crippen LogP contribution >= 0.6 is 0 Å². The molecule has 1 fully saturated rings. The van der Waals surface area contributed by atoms with Gasteiger partial charge in [0.05, 0.1) is 0 Å². The minimum atomic E-state index is -0.398. The van der Waals surface area contributed by atoms with Crippen LogP contribution < -0.4 is 10.9 Å². The minimum absolute atomic E-state index is 0.0404. The molecule has 0 aliphatic carbocycles. The second-order valence-corrected chi connectivity index (χ2v) is 6.93. The lowest BCUT2D eigenvalue weighted by atomic mass is 10.0. The molecule has 2 aromatic rings. The van der Waals surface area contributed by atoms with Gasteiger partial charge in [-0.05, 0) is 56.1 Å². The zero-order valence-corrected chi connectivity index (χ0v) is 15.4. The Bertz CT molecular complexity index is 798. The number of benzene rings is 1. The molecule has 1 aliphatic heterocycles. The summed E-state index contributed by atoms with van der Waals surface area (Å²) in [5, 5.41) is 2.99. The van der Waals surface area contributed by atoms with Crippen molar-refractivity contribution in [3.63, 3.8) is 0 Å². The molecule has 2 heterocycles. The van der Waals surface area contributed by atoms with Crippen molar-refractivity contribution >= 4 is 5.91 Å². The standard InChI is InChI=1S/C21H26FN3O2/c22-18-10-8-17(9-11-18)20(25-14-3-1-4-15-25)21(27)23-12-6-16-24-13-5-2-7-19(24)26/h2,5,7-11,13,20H,1,3-4,6,12,14-16H2,(H,23,27). The van der Waals surface area contributed by atoms with Crippen LogP contribution in [0, 0.1) is 5.82 Å². The average molecular weight is 371 g/mol. The number of carbonyl (C=O) groups is 1. The maximum absolute atomic E-state index is 13.3. The number of nitrogens with one attached hydrogen (secondary N) is 1. The van der Waals surface area contributed by atoms with Crippen LogP contribution in [0.5, 0.6) is 0 Å². The van der Waals surface area contributed by atoms with Crippen LogP contribution in [0.15, 0.2) is 53.5 Å². The van der Waals surface area contributed by atoms with E-state index in [9.17, 15) is 14.0 Å². The Hall–Kier alpha value is -2.47. The van der Waals surface area contributed by atoms with Crippen LogP contribution in [0.2, 0.25) is 0 Å². The first-order valence-electron chi connectivity index (χ1n) is 9.58. The minimum Gasteiger partial charge on any atom is -0.354 e. The SMILES string of the molecule is O=C(NCCCn1ccccc1=O)C(c1ccc(F)cc1)N1CCCCC1. The lowest BCUT2D eigenvalue weighted by Gasteiger charge is -2.34. The van der Waals surface area contributed by atoms with Gasteiger partial charge in [-0.3, -0.25) is 14.5 Å². The molecule has 5 nitrogen and oxygen atoms in total. The van der Waals surface area contributed by atoms with E-state index in [4.69, 9.17) is 0 Å². The number of nitrogens with zero attached hydrogens (tertiary/aromatic N) is 2. The van der Waals surface area contributed by atoms with Crippen LogP contribution in [-0.2, 0) is 11.3 Å². The first kappa shape index (κ1) is 19.3. The van der Waals surface area contributed by atoms with Crippen molar-refractivity contribution < 1.29 is 9.18 Å². The molecule has 1 unspecified atom stereocenters. The molecule has 1 atom stereocenters. The molecule has 0 spiro atoms. The van der Waals surface area contributed by atoms with Crippen LogP contribution in [0.4, 0.5) is 4.39 Å². The Morgan fingerprint density at radius 2 is 1.81 bits per heavy atom. The summed E-state index contributed by atoms with van der Waals surface area (Å²) in [6.45, 7) is 2.79. The summed E-state index contributed by atoms with van der Waals surface area (Å²) < 4.78 is 14.9. The largest absolute Gasteiger partial charge is 0.354 e. The highest BCUT2D eigenvalue weighted by Gasteiger charge is 2.28. The summed E-state index contributed by atoms with van der Waals surface area (Å²) in [7, 11) is 0. The van der Waals surface area contributed by atoms with Gasteiger partial charge in [-0.15, -0.1) is 0 Å². The molecule has 1 amide bonds. The van der Waals surface area contributed by atoms with E-state index >= 15 is 0 Å². The van der Waals surface area contributed by atoms with Crippen LogP contribution in [0.25, 0.3) is 0 Å². The second kappa shape index (κ2) is 9.46. The van der Waals surface area contributed by atoms with E-state index in [1.807, 2.05) is 6.07 Å². The number of hydrogen-bond donors (Lipinski definition) is 1.